The third-order valence-corrected chi connectivity index (χ3v) is 3.76. The van der Waals surface area contributed by atoms with Gasteiger partial charge in [-0.25, -0.2) is 4.98 Å². The molecule has 1 aromatic rings. The minimum Gasteiger partial charge on any atom is -0.444 e. The molecule has 0 aromatic carbocycles. The maximum atomic E-state index is 12.2. The third-order valence-electron chi connectivity index (χ3n) is 3.37. The first-order valence-electron chi connectivity index (χ1n) is 5.93. The second-order valence-electron chi connectivity index (χ2n) is 5.01. The first-order valence-corrected chi connectivity index (χ1v) is 6.34. The van der Waals surface area contributed by atoms with Gasteiger partial charge in [-0.15, -0.1) is 0 Å². The van der Waals surface area contributed by atoms with E-state index in [4.69, 9.17) is 22.4 Å². The van der Waals surface area contributed by atoms with Gasteiger partial charge < -0.3 is 15.5 Å². The number of aromatic nitrogens is 1. The van der Waals surface area contributed by atoms with E-state index in [1.807, 2.05) is 6.92 Å². The second kappa shape index (κ2) is 4.68. The van der Waals surface area contributed by atoms with Gasteiger partial charge in [0.25, 0.3) is 0 Å². The number of amides is 1. The molecule has 1 aromatic heterocycles. The van der Waals surface area contributed by atoms with Crippen molar-refractivity contribution in [1.29, 1.82) is 0 Å². The van der Waals surface area contributed by atoms with Crippen LogP contribution in [0.25, 0.3) is 0 Å². The number of carbonyl (C=O) groups is 1. The van der Waals surface area contributed by atoms with Gasteiger partial charge in [-0.05, 0) is 25.7 Å². The van der Waals surface area contributed by atoms with Crippen molar-refractivity contribution in [2.75, 3.05) is 0 Å². The van der Waals surface area contributed by atoms with E-state index in [9.17, 15) is 4.79 Å². The lowest BCUT2D eigenvalue weighted by molar-refractivity contribution is -0.133. The van der Waals surface area contributed by atoms with E-state index >= 15 is 0 Å². The Kier molecular flexibility index (Phi) is 3.38. The number of aryl methyl sites for hydroxylation is 1. The largest absolute Gasteiger partial charge is 0.444 e. The normalized spacial score (nSPS) is 26.4. The molecule has 5 nitrogen and oxygen atoms in total. The molecule has 2 rings (SSSR count). The topological polar surface area (TPSA) is 81.2 Å². The summed E-state index contributed by atoms with van der Waals surface area (Å²) in [5.41, 5.74) is 5.03. The van der Waals surface area contributed by atoms with Gasteiger partial charge in [-0.3, -0.25) is 4.79 Å². The number of thiocarbonyl (C=S) groups is 1. The van der Waals surface area contributed by atoms with Crippen molar-refractivity contribution < 1.29 is 9.21 Å². The summed E-state index contributed by atoms with van der Waals surface area (Å²) in [6, 6.07) is 0. The predicted molar refractivity (Wildman–Crippen MR) is 70.7 cm³/mol. The highest BCUT2D eigenvalue weighted by Crippen LogP contribution is 2.45. The van der Waals surface area contributed by atoms with Crippen LogP contribution in [0.15, 0.2) is 10.6 Å². The van der Waals surface area contributed by atoms with Crippen molar-refractivity contribution in [3.8, 4) is 0 Å². The summed E-state index contributed by atoms with van der Waals surface area (Å²) < 4.78 is 5.29. The van der Waals surface area contributed by atoms with Gasteiger partial charge in [0.1, 0.15) is 5.76 Å². The van der Waals surface area contributed by atoms with Crippen LogP contribution in [0, 0.1) is 18.3 Å². The number of hydrogen-bond acceptors (Lipinski definition) is 4. The molecule has 18 heavy (non-hydrogen) atoms. The molecule has 6 heteroatoms. The van der Waals surface area contributed by atoms with Crippen molar-refractivity contribution >= 4 is 23.1 Å². The van der Waals surface area contributed by atoms with Crippen LogP contribution in [0.1, 0.15) is 31.4 Å². The Morgan fingerprint density at radius 1 is 1.72 bits per heavy atom. The van der Waals surface area contributed by atoms with Gasteiger partial charge >= 0.3 is 0 Å². The predicted octanol–water partition coefficient (Wildman–Crippen LogP) is 1.30. The molecule has 1 aliphatic rings. The molecule has 1 aliphatic carbocycles. The van der Waals surface area contributed by atoms with Crippen LogP contribution in [0.5, 0.6) is 0 Å². The number of oxazole rings is 1. The number of nitrogens with zero attached hydrogens (tertiary/aromatic N) is 1. The molecule has 1 fully saturated rings. The Morgan fingerprint density at radius 2 is 2.39 bits per heavy atom. The van der Waals surface area contributed by atoms with E-state index in [2.05, 4.69) is 17.2 Å². The van der Waals surface area contributed by atoms with E-state index in [1.165, 1.54) is 0 Å². The molecule has 1 saturated carbocycles. The second-order valence-corrected chi connectivity index (χ2v) is 5.45. The number of nitrogens with one attached hydrogen (secondary N) is 1. The Bertz CT molecular complexity index is 477. The van der Waals surface area contributed by atoms with E-state index in [0.29, 0.717) is 11.8 Å². The highest BCUT2D eigenvalue weighted by Gasteiger charge is 2.50. The molecular weight excluding hydrogens is 250 g/mol. The smallest absolute Gasteiger partial charge is 0.233 e. The molecule has 0 spiro atoms. The third kappa shape index (κ3) is 2.25. The fourth-order valence-electron chi connectivity index (χ4n) is 2.44. The van der Waals surface area contributed by atoms with Crippen molar-refractivity contribution in [2.24, 2.45) is 17.1 Å². The highest BCUT2D eigenvalue weighted by atomic mass is 32.1. The fraction of sp³-hybridized carbons (Fsp3) is 0.583. The van der Waals surface area contributed by atoms with E-state index in [0.717, 1.165) is 18.6 Å². The number of rotatable bonds is 4. The van der Waals surface area contributed by atoms with Crippen LogP contribution in [0.3, 0.4) is 0 Å². The van der Waals surface area contributed by atoms with Gasteiger partial charge in [0.05, 0.1) is 23.1 Å². The molecule has 0 saturated heterocycles. The zero-order valence-corrected chi connectivity index (χ0v) is 11.3. The summed E-state index contributed by atoms with van der Waals surface area (Å²) in [5, 5.41) is 2.79. The summed E-state index contributed by atoms with van der Waals surface area (Å²) in [7, 11) is 0. The zero-order chi connectivity index (χ0) is 13.3. The number of hydrogen-bond donors (Lipinski definition) is 2. The minimum absolute atomic E-state index is 0.121. The lowest BCUT2D eigenvalue weighted by Gasteiger charge is -2.43. The van der Waals surface area contributed by atoms with Crippen molar-refractivity contribution in [3.05, 3.63) is 17.8 Å². The Morgan fingerprint density at radius 3 is 2.83 bits per heavy atom. The summed E-state index contributed by atoms with van der Waals surface area (Å²) in [6.07, 6.45) is 3.06. The number of nitrogens with two attached hydrogens (primary N) is 1. The molecular formula is C12H17N3O2S. The maximum Gasteiger partial charge on any atom is 0.233 e. The molecule has 1 amide bonds. The van der Waals surface area contributed by atoms with Crippen LogP contribution >= 0.6 is 12.2 Å². The van der Waals surface area contributed by atoms with Crippen molar-refractivity contribution in [1.82, 2.24) is 10.3 Å². The number of carbonyl (C=O) groups excluding carboxylic acids is 1. The van der Waals surface area contributed by atoms with Crippen LogP contribution in [-0.4, -0.2) is 15.9 Å². The van der Waals surface area contributed by atoms with Crippen LogP contribution in [0.4, 0.5) is 0 Å². The molecule has 0 unspecified atom stereocenters. The Labute approximate surface area is 111 Å². The SMILES string of the molecule is Cc1cnc(CNC(=O)C2(C(N)=S)CC(C)C2)o1. The first-order chi connectivity index (χ1) is 8.44. The van der Waals surface area contributed by atoms with Crippen molar-refractivity contribution in [2.45, 2.75) is 33.2 Å². The summed E-state index contributed by atoms with van der Waals surface area (Å²) in [4.78, 5) is 16.5. The Hall–Kier alpha value is -1.43. The summed E-state index contributed by atoms with van der Waals surface area (Å²) >= 11 is 5.02. The minimum atomic E-state index is -0.670. The standard InChI is InChI=1S/C12H17N3O2S/c1-7-3-12(4-7,10(13)18)11(16)15-6-9-14-5-8(2)17-9/h5,7H,3-4,6H2,1-2H3,(H2,13,18)(H,15,16). The van der Waals surface area contributed by atoms with Gasteiger partial charge in [0.2, 0.25) is 11.8 Å². The molecule has 3 N–H and O–H groups in total. The molecule has 0 atom stereocenters. The highest BCUT2D eigenvalue weighted by molar-refractivity contribution is 7.80. The summed E-state index contributed by atoms with van der Waals surface area (Å²) in [6.45, 7) is 4.16. The van der Waals surface area contributed by atoms with Crippen LogP contribution < -0.4 is 11.1 Å². The molecule has 0 aliphatic heterocycles. The first kappa shape index (κ1) is 13.0. The molecule has 0 bridgehead atoms. The van der Waals surface area contributed by atoms with Crippen LogP contribution in [0.2, 0.25) is 0 Å². The molecule has 1 heterocycles. The fourth-order valence-corrected chi connectivity index (χ4v) is 2.70. The monoisotopic (exact) mass is 267 g/mol. The molecule has 0 radical (unpaired) electrons. The van der Waals surface area contributed by atoms with Gasteiger partial charge in [-0.1, -0.05) is 19.1 Å². The van der Waals surface area contributed by atoms with Crippen LogP contribution in [-0.2, 0) is 11.3 Å². The lowest BCUT2D eigenvalue weighted by Crippen LogP contribution is -2.55. The van der Waals surface area contributed by atoms with Gasteiger partial charge in [0, 0.05) is 0 Å². The van der Waals surface area contributed by atoms with Gasteiger partial charge in [-0.2, -0.15) is 0 Å². The van der Waals surface area contributed by atoms with Gasteiger partial charge in [0.15, 0.2) is 0 Å². The molecule has 98 valence electrons. The van der Waals surface area contributed by atoms with E-state index < -0.39 is 5.41 Å². The van der Waals surface area contributed by atoms with E-state index in [-0.39, 0.29) is 17.4 Å². The average Bonchev–Trinajstić information content (AvgIpc) is 2.67. The summed E-state index contributed by atoms with van der Waals surface area (Å²) in [5.74, 6) is 1.58. The van der Waals surface area contributed by atoms with E-state index in [1.54, 1.807) is 6.20 Å². The Balaban J connectivity index is 1.97. The zero-order valence-electron chi connectivity index (χ0n) is 10.5. The lowest BCUT2D eigenvalue weighted by atomic mass is 9.62. The quantitative estimate of drug-likeness (QED) is 0.804. The van der Waals surface area contributed by atoms with Crippen molar-refractivity contribution in [3.63, 3.8) is 0 Å². The average molecular weight is 267 g/mol. The maximum absolute atomic E-state index is 12.2.